The molecule has 0 bridgehead atoms. The predicted octanol–water partition coefficient (Wildman–Crippen LogP) is 1.20. The molecule has 2 aliphatic rings. The number of carbonyl (C=O) groups is 1. The second-order valence-electron chi connectivity index (χ2n) is 6.35. The van der Waals surface area contributed by atoms with Gasteiger partial charge in [-0.15, -0.1) is 10.2 Å². The van der Waals surface area contributed by atoms with Gasteiger partial charge in [-0.3, -0.25) is 4.79 Å². The second kappa shape index (κ2) is 7.88. The zero-order valence-corrected chi connectivity index (χ0v) is 13.8. The van der Waals surface area contributed by atoms with E-state index >= 15 is 0 Å². The normalized spacial score (nSPS) is 21.1. The van der Waals surface area contributed by atoms with Gasteiger partial charge in [0, 0.05) is 32.2 Å². The topological polar surface area (TPSA) is 69.5 Å². The van der Waals surface area contributed by atoms with Gasteiger partial charge in [-0.1, -0.05) is 0 Å². The minimum Gasteiger partial charge on any atom is -0.382 e. The summed E-state index contributed by atoms with van der Waals surface area (Å²) in [7, 11) is 1.63. The molecule has 1 atom stereocenters. The van der Waals surface area contributed by atoms with Gasteiger partial charge in [-0.25, -0.2) is 0 Å². The van der Waals surface area contributed by atoms with Crippen LogP contribution in [0.2, 0.25) is 0 Å². The average molecular weight is 322 g/mol. The van der Waals surface area contributed by atoms with Crippen LogP contribution < -0.4 is 0 Å². The molecular weight excluding hydrogens is 296 g/mol. The van der Waals surface area contributed by atoms with Gasteiger partial charge in [0.15, 0.2) is 0 Å². The van der Waals surface area contributed by atoms with Crippen molar-refractivity contribution in [1.29, 1.82) is 0 Å². The van der Waals surface area contributed by atoms with Gasteiger partial charge >= 0.3 is 0 Å². The van der Waals surface area contributed by atoms with Crippen LogP contribution in [-0.4, -0.2) is 65.1 Å². The van der Waals surface area contributed by atoms with Crippen molar-refractivity contribution < 1.29 is 14.3 Å². The molecule has 1 saturated carbocycles. The summed E-state index contributed by atoms with van der Waals surface area (Å²) in [5, 5.41) is 8.29. The first-order valence-electron chi connectivity index (χ1n) is 8.54. The van der Waals surface area contributed by atoms with Gasteiger partial charge in [-0.05, 0) is 32.1 Å². The van der Waals surface area contributed by atoms with Gasteiger partial charge < -0.3 is 18.9 Å². The Morgan fingerprint density at radius 3 is 3.00 bits per heavy atom. The van der Waals surface area contributed by atoms with Crippen LogP contribution in [0.5, 0.6) is 0 Å². The SMILES string of the molecule is COCCOCC(=O)N1CCCC1CCc1nncn1C1CC1. The van der Waals surface area contributed by atoms with E-state index in [4.69, 9.17) is 9.47 Å². The summed E-state index contributed by atoms with van der Waals surface area (Å²) in [4.78, 5) is 14.3. The third-order valence-corrected chi connectivity index (χ3v) is 4.64. The molecule has 23 heavy (non-hydrogen) atoms. The van der Waals surface area contributed by atoms with Crippen molar-refractivity contribution in [3.05, 3.63) is 12.2 Å². The number of methoxy groups -OCH3 is 1. The van der Waals surface area contributed by atoms with E-state index in [1.54, 1.807) is 7.11 Å². The van der Waals surface area contributed by atoms with Crippen molar-refractivity contribution in [3.63, 3.8) is 0 Å². The van der Waals surface area contributed by atoms with Crippen LogP contribution in [0, 0.1) is 0 Å². The number of rotatable bonds is 9. The number of carbonyl (C=O) groups excluding carboxylic acids is 1. The number of aromatic nitrogens is 3. The van der Waals surface area contributed by atoms with Crippen LogP contribution in [0.3, 0.4) is 0 Å². The molecule has 2 heterocycles. The Morgan fingerprint density at radius 2 is 2.22 bits per heavy atom. The lowest BCUT2D eigenvalue weighted by Crippen LogP contribution is -2.38. The number of hydrogen-bond donors (Lipinski definition) is 0. The highest BCUT2D eigenvalue weighted by atomic mass is 16.5. The molecule has 7 nitrogen and oxygen atoms in total. The summed E-state index contributed by atoms with van der Waals surface area (Å²) in [6, 6.07) is 0.911. The molecule has 7 heteroatoms. The predicted molar refractivity (Wildman–Crippen MR) is 84.0 cm³/mol. The molecule has 1 aliphatic carbocycles. The summed E-state index contributed by atoms with van der Waals surface area (Å²) >= 11 is 0. The zero-order valence-electron chi connectivity index (χ0n) is 13.8. The highest BCUT2D eigenvalue weighted by Gasteiger charge is 2.30. The molecule has 2 fully saturated rings. The molecule has 1 aromatic rings. The van der Waals surface area contributed by atoms with Crippen LogP contribution in [0.4, 0.5) is 0 Å². The molecule has 1 unspecified atom stereocenters. The minimum atomic E-state index is 0.0901. The molecule has 0 N–H and O–H groups in total. The molecule has 1 aliphatic heterocycles. The third kappa shape index (κ3) is 4.29. The number of amides is 1. The van der Waals surface area contributed by atoms with Gasteiger partial charge in [0.1, 0.15) is 18.8 Å². The monoisotopic (exact) mass is 322 g/mol. The largest absolute Gasteiger partial charge is 0.382 e. The van der Waals surface area contributed by atoms with Crippen molar-refractivity contribution in [2.45, 2.75) is 50.6 Å². The Balaban J connectivity index is 1.46. The van der Waals surface area contributed by atoms with E-state index in [1.165, 1.54) is 12.8 Å². The van der Waals surface area contributed by atoms with Crippen molar-refractivity contribution in [2.75, 3.05) is 33.5 Å². The Morgan fingerprint density at radius 1 is 1.35 bits per heavy atom. The van der Waals surface area contributed by atoms with Crippen LogP contribution in [0.25, 0.3) is 0 Å². The quantitative estimate of drug-likeness (QED) is 0.639. The summed E-state index contributed by atoms with van der Waals surface area (Å²) in [6.45, 7) is 1.98. The molecule has 0 aromatic carbocycles. The van der Waals surface area contributed by atoms with Crippen LogP contribution in [-0.2, 0) is 20.7 Å². The fourth-order valence-corrected chi connectivity index (χ4v) is 3.25. The molecule has 1 aromatic heterocycles. The third-order valence-electron chi connectivity index (χ3n) is 4.64. The van der Waals surface area contributed by atoms with Gasteiger partial charge in [0.2, 0.25) is 5.91 Å². The standard InChI is InChI=1S/C16H26N4O3/c1-22-9-10-23-11-16(21)19-8-2-3-13(19)6-7-15-18-17-12-20(15)14-4-5-14/h12-14H,2-11H2,1H3. The molecule has 0 spiro atoms. The fraction of sp³-hybridized carbons (Fsp3) is 0.812. The maximum Gasteiger partial charge on any atom is 0.248 e. The van der Waals surface area contributed by atoms with E-state index in [-0.39, 0.29) is 12.5 Å². The number of aryl methyl sites for hydroxylation is 1. The van der Waals surface area contributed by atoms with E-state index in [0.29, 0.717) is 25.3 Å². The maximum absolute atomic E-state index is 12.3. The fourth-order valence-electron chi connectivity index (χ4n) is 3.25. The molecule has 1 saturated heterocycles. The summed E-state index contributed by atoms with van der Waals surface area (Å²) in [6.07, 6.45) is 8.29. The van der Waals surface area contributed by atoms with Crippen molar-refractivity contribution >= 4 is 5.91 Å². The van der Waals surface area contributed by atoms with E-state index < -0.39 is 0 Å². The second-order valence-corrected chi connectivity index (χ2v) is 6.35. The lowest BCUT2D eigenvalue weighted by atomic mass is 10.1. The summed E-state index contributed by atoms with van der Waals surface area (Å²) < 4.78 is 12.5. The number of likely N-dealkylation sites (tertiary alicyclic amines) is 1. The minimum absolute atomic E-state index is 0.0901. The van der Waals surface area contributed by atoms with Gasteiger partial charge in [0.05, 0.1) is 13.2 Å². The van der Waals surface area contributed by atoms with Crippen LogP contribution in [0.15, 0.2) is 6.33 Å². The number of nitrogens with zero attached hydrogens (tertiary/aromatic N) is 4. The Hall–Kier alpha value is -1.47. The average Bonchev–Trinajstić information content (AvgIpc) is 3.11. The first-order chi connectivity index (χ1) is 11.3. The molecule has 1 amide bonds. The van der Waals surface area contributed by atoms with Crippen molar-refractivity contribution in [2.24, 2.45) is 0 Å². The Bertz CT molecular complexity index is 515. The first kappa shape index (κ1) is 16.4. The lowest BCUT2D eigenvalue weighted by Gasteiger charge is -2.24. The summed E-state index contributed by atoms with van der Waals surface area (Å²) in [5.41, 5.74) is 0. The molecular formula is C16H26N4O3. The molecule has 0 radical (unpaired) electrons. The Labute approximate surface area is 137 Å². The van der Waals surface area contributed by atoms with E-state index in [2.05, 4.69) is 14.8 Å². The molecule has 3 rings (SSSR count). The van der Waals surface area contributed by atoms with Crippen molar-refractivity contribution in [1.82, 2.24) is 19.7 Å². The maximum atomic E-state index is 12.3. The van der Waals surface area contributed by atoms with Crippen LogP contribution in [0.1, 0.15) is 44.0 Å². The van der Waals surface area contributed by atoms with Crippen LogP contribution >= 0.6 is 0 Å². The highest BCUT2D eigenvalue weighted by Crippen LogP contribution is 2.35. The first-order valence-corrected chi connectivity index (χ1v) is 8.54. The van der Waals surface area contributed by atoms with Crippen molar-refractivity contribution in [3.8, 4) is 0 Å². The van der Waals surface area contributed by atoms with Gasteiger partial charge in [0.25, 0.3) is 0 Å². The smallest absolute Gasteiger partial charge is 0.248 e. The zero-order chi connectivity index (χ0) is 16.1. The molecule has 128 valence electrons. The summed E-state index contributed by atoms with van der Waals surface area (Å²) in [5.74, 6) is 1.15. The van der Waals surface area contributed by atoms with E-state index in [0.717, 1.165) is 38.1 Å². The van der Waals surface area contributed by atoms with E-state index in [9.17, 15) is 4.79 Å². The Kier molecular flexibility index (Phi) is 5.61. The lowest BCUT2D eigenvalue weighted by molar-refractivity contribution is -0.137. The number of hydrogen-bond acceptors (Lipinski definition) is 5. The number of ether oxygens (including phenoxy) is 2. The van der Waals surface area contributed by atoms with Gasteiger partial charge in [-0.2, -0.15) is 0 Å². The highest BCUT2D eigenvalue weighted by molar-refractivity contribution is 5.78. The van der Waals surface area contributed by atoms with E-state index in [1.807, 2.05) is 11.2 Å².